The number of esters is 1. The Hall–Kier alpha value is -3.01. The summed E-state index contributed by atoms with van der Waals surface area (Å²) in [5.74, 6) is -0.530. The molecule has 0 atom stereocenters. The van der Waals surface area contributed by atoms with Gasteiger partial charge in [0.2, 0.25) is 0 Å². The lowest BCUT2D eigenvalue weighted by Gasteiger charge is -2.09. The van der Waals surface area contributed by atoms with Crippen LogP contribution in [0.15, 0.2) is 34.2 Å². The number of aromatic nitrogens is 2. The van der Waals surface area contributed by atoms with Gasteiger partial charge in [0.25, 0.3) is 11.5 Å². The summed E-state index contributed by atoms with van der Waals surface area (Å²) in [6.07, 6.45) is 0. The number of nitrogens with zero attached hydrogens (tertiary/aromatic N) is 1. The average molecular weight is 378 g/mol. The third kappa shape index (κ3) is 4.99. The van der Waals surface area contributed by atoms with E-state index in [9.17, 15) is 14.4 Å². The molecule has 1 heterocycles. The molecular formula is C16H18N4O5S. The van der Waals surface area contributed by atoms with Crippen LogP contribution in [-0.4, -0.2) is 41.3 Å². The summed E-state index contributed by atoms with van der Waals surface area (Å²) in [5.41, 5.74) is 5.30. The number of methoxy groups -OCH3 is 1. The number of ether oxygens (including phenoxy) is 2. The van der Waals surface area contributed by atoms with Gasteiger partial charge in [0, 0.05) is 5.56 Å². The van der Waals surface area contributed by atoms with Crippen LogP contribution in [0.4, 0.5) is 11.5 Å². The first-order chi connectivity index (χ1) is 12.4. The molecule has 0 fully saturated rings. The molecule has 0 aliphatic heterocycles. The Balaban J connectivity index is 2.12. The van der Waals surface area contributed by atoms with Crippen LogP contribution in [-0.2, 0) is 9.53 Å². The van der Waals surface area contributed by atoms with E-state index in [2.05, 4.69) is 20.0 Å². The SMILES string of the molecule is CCOc1ccc(C(=O)Nc2c(N)nc(SCC(=O)OC)[nH]c2=O)cc1. The predicted molar refractivity (Wildman–Crippen MR) is 97.6 cm³/mol. The number of anilines is 2. The Morgan fingerprint density at radius 3 is 2.58 bits per heavy atom. The minimum absolute atomic E-state index is 0.0310. The third-order valence-electron chi connectivity index (χ3n) is 3.15. The van der Waals surface area contributed by atoms with Crippen molar-refractivity contribution in [1.29, 1.82) is 0 Å². The molecule has 9 nitrogen and oxygen atoms in total. The van der Waals surface area contributed by atoms with Gasteiger partial charge in [-0.25, -0.2) is 4.98 Å². The Bertz CT molecular complexity index is 851. The molecule has 26 heavy (non-hydrogen) atoms. The lowest BCUT2D eigenvalue weighted by molar-refractivity contribution is -0.137. The maximum atomic E-state index is 12.3. The van der Waals surface area contributed by atoms with Crippen molar-refractivity contribution in [1.82, 2.24) is 9.97 Å². The molecule has 0 aliphatic carbocycles. The van der Waals surface area contributed by atoms with Crippen molar-refractivity contribution in [2.24, 2.45) is 0 Å². The van der Waals surface area contributed by atoms with Crippen molar-refractivity contribution in [3.63, 3.8) is 0 Å². The number of thioether (sulfide) groups is 1. The number of H-pyrrole nitrogens is 1. The number of amides is 1. The molecular weight excluding hydrogens is 360 g/mol. The molecule has 0 bridgehead atoms. The summed E-state index contributed by atoms with van der Waals surface area (Å²) in [7, 11) is 1.26. The van der Waals surface area contributed by atoms with Gasteiger partial charge in [0.15, 0.2) is 11.0 Å². The molecule has 1 amide bonds. The number of aromatic amines is 1. The number of hydrogen-bond donors (Lipinski definition) is 3. The third-order valence-corrected chi connectivity index (χ3v) is 3.99. The van der Waals surface area contributed by atoms with Crippen molar-refractivity contribution in [3.8, 4) is 5.75 Å². The first-order valence-electron chi connectivity index (χ1n) is 7.58. The second kappa shape index (κ2) is 8.90. The smallest absolute Gasteiger partial charge is 0.316 e. The van der Waals surface area contributed by atoms with Gasteiger partial charge in [0.1, 0.15) is 11.4 Å². The maximum Gasteiger partial charge on any atom is 0.316 e. The molecule has 2 aromatic rings. The summed E-state index contributed by atoms with van der Waals surface area (Å²) in [5, 5.41) is 2.59. The van der Waals surface area contributed by atoms with E-state index < -0.39 is 17.4 Å². The molecule has 0 radical (unpaired) electrons. The maximum absolute atomic E-state index is 12.3. The van der Waals surface area contributed by atoms with Gasteiger partial charge in [-0.05, 0) is 31.2 Å². The normalized spacial score (nSPS) is 10.2. The molecule has 0 spiro atoms. The standard InChI is InChI=1S/C16H18N4O5S/c1-3-25-10-6-4-9(5-7-10)14(22)18-12-13(17)19-16(20-15(12)23)26-8-11(21)24-2/h4-7H,3,8H2,1-2H3,(H,18,22)(H3,17,19,20,23). The number of nitrogens with two attached hydrogens (primary N) is 1. The fourth-order valence-corrected chi connectivity index (χ4v) is 2.60. The largest absolute Gasteiger partial charge is 0.494 e. The van der Waals surface area contributed by atoms with Gasteiger partial charge in [-0.2, -0.15) is 0 Å². The summed E-state index contributed by atoms with van der Waals surface area (Å²) < 4.78 is 9.81. The topological polar surface area (TPSA) is 136 Å². The van der Waals surface area contributed by atoms with Gasteiger partial charge >= 0.3 is 5.97 Å². The Labute approximate surface area is 153 Å². The van der Waals surface area contributed by atoms with Crippen molar-refractivity contribution in [2.75, 3.05) is 30.5 Å². The van der Waals surface area contributed by atoms with E-state index in [1.54, 1.807) is 24.3 Å². The van der Waals surface area contributed by atoms with Crippen molar-refractivity contribution >= 4 is 35.1 Å². The molecule has 0 aliphatic rings. The van der Waals surface area contributed by atoms with Gasteiger partial charge in [-0.1, -0.05) is 11.8 Å². The Kier molecular flexibility index (Phi) is 6.61. The monoisotopic (exact) mass is 378 g/mol. The lowest BCUT2D eigenvalue weighted by Crippen LogP contribution is -2.23. The molecule has 0 saturated heterocycles. The van der Waals surface area contributed by atoms with Crippen LogP contribution in [0.3, 0.4) is 0 Å². The number of nitrogens with one attached hydrogen (secondary N) is 2. The highest BCUT2D eigenvalue weighted by molar-refractivity contribution is 7.99. The number of carbonyl (C=O) groups excluding carboxylic acids is 2. The molecule has 0 unspecified atom stereocenters. The van der Waals surface area contributed by atoms with E-state index in [1.165, 1.54) is 7.11 Å². The minimum Gasteiger partial charge on any atom is -0.494 e. The van der Waals surface area contributed by atoms with E-state index >= 15 is 0 Å². The van der Waals surface area contributed by atoms with Gasteiger partial charge < -0.3 is 20.5 Å². The van der Waals surface area contributed by atoms with Crippen LogP contribution in [0.2, 0.25) is 0 Å². The van der Waals surface area contributed by atoms with Crippen LogP contribution in [0.5, 0.6) is 5.75 Å². The number of nitrogen functional groups attached to an aromatic ring is 1. The average Bonchev–Trinajstić information content (AvgIpc) is 2.63. The molecule has 138 valence electrons. The summed E-state index contributed by atoms with van der Waals surface area (Å²) >= 11 is 0.964. The van der Waals surface area contributed by atoms with E-state index in [-0.39, 0.29) is 22.4 Å². The van der Waals surface area contributed by atoms with Crippen LogP contribution >= 0.6 is 11.8 Å². The number of carbonyl (C=O) groups is 2. The Morgan fingerprint density at radius 1 is 1.31 bits per heavy atom. The van der Waals surface area contributed by atoms with Crippen LogP contribution in [0.25, 0.3) is 0 Å². The fraction of sp³-hybridized carbons (Fsp3) is 0.250. The Morgan fingerprint density at radius 2 is 2.00 bits per heavy atom. The highest BCUT2D eigenvalue weighted by atomic mass is 32.2. The second-order valence-corrected chi connectivity index (χ2v) is 5.87. The minimum atomic E-state index is -0.621. The van der Waals surface area contributed by atoms with Crippen molar-refractivity contribution in [3.05, 3.63) is 40.2 Å². The molecule has 1 aromatic heterocycles. The number of benzene rings is 1. The second-order valence-electron chi connectivity index (χ2n) is 4.91. The highest BCUT2D eigenvalue weighted by Gasteiger charge is 2.15. The van der Waals surface area contributed by atoms with E-state index in [0.29, 0.717) is 17.9 Å². The van der Waals surface area contributed by atoms with Crippen molar-refractivity contribution < 1.29 is 19.1 Å². The summed E-state index contributed by atoms with van der Waals surface area (Å²) in [4.78, 5) is 42.0. The molecule has 0 saturated carbocycles. The summed E-state index contributed by atoms with van der Waals surface area (Å²) in [6, 6.07) is 6.44. The van der Waals surface area contributed by atoms with E-state index in [0.717, 1.165) is 11.8 Å². The fourth-order valence-electron chi connectivity index (χ4n) is 1.90. The molecule has 4 N–H and O–H groups in total. The van der Waals surface area contributed by atoms with Gasteiger partial charge in [0.05, 0.1) is 19.5 Å². The number of hydrogen-bond acceptors (Lipinski definition) is 8. The lowest BCUT2D eigenvalue weighted by atomic mass is 10.2. The van der Waals surface area contributed by atoms with Gasteiger partial charge in [-0.3, -0.25) is 19.4 Å². The molecule has 10 heteroatoms. The first kappa shape index (κ1) is 19.3. The van der Waals surface area contributed by atoms with E-state index in [1.807, 2.05) is 6.92 Å². The predicted octanol–water partition coefficient (Wildman–Crippen LogP) is 1.27. The van der Waals surface area contributed by atoms with Gasteiger partial charge in [-0.15, -0.1) is 0 Å². The first-order valence-corrected chi connectivity index (χ1v) is 8.56. The van der Waals surface area contributed by atoms with E-state index in [4.69, 9.17) is 10.5 Å². The quantitative estimate of drug-likeness (QED) is 0.372. The van der Waals surface area contributed by atoms with Crippen LogP contribution < -0.4 is 21.3 Å². The molecule has 2 rings (SSSR count). The zero-order valence-electron chi connectivity index (χ0n) is 14.2. The number of rotatable bonds is 7. The highest BCUT2D eigenvalue weighted by Crippen LogP contribution is 2.18. The molecule has 1 aromatic carbocycles. The van der Waals surface area contributed by atoms with Crippen LogP contribution in [0.1, 0.15) is 17.3 Å². The van der Waals surface area contributed by atoms with Crippen molar-refractivity contribution in [2.45, 2.75) is 12.1 Å². The van der Waals surface area contributed by atoms with Crippen LogP contribution in [0, 0.1) is 0 Å². The summed E-state index contributed by atoms with van der Waals surface area (Å²) in [6.45, 7) is 2.37. The zero-order chi connectivity index (χ0) is 19.1. The zero-order valence-corrected chi connectivity index (χ0v) is 15.0.